The summed E-state index contributed by atoms with van der Waals surface area (Å²) < 4.78 is 27.1. The van der Waals surface area contributed by atoms with Gasteiger partial charge >= 0.3 is 12.0 Å². The van der Waals surface area contributed by atoms with E-state index in [-0.39, 0.29) is 18.1 Å². The fourth-order valence-electron chi connectivity index (χ4n) is 2.04. The van der Waals surface area contributed by atoms with Crippen molar-refractivity contribution >= 4 is 38.5 Å². The van der Waals surface area contributed by atoms with Crippen LogP contribution < -0.4 is 5.32 Å². The summed E-state index contributed by atoms with van der Waals surface area (Å²) in [4.78, 5) is 28.2. The Morgan fingerprint density at radius 3 is 2.81 bits per heavy atom. The number of anilines is 1. The van der Waals surface area contributed by atoms with E-state index in [1.54, 1.807) is 6.92 Å². The van der Waals surface area contributed by atoms with Gasteiger partial charge in [-0.15, -0.1) is 0 Å². The Labute approximate surface area is 125 Å². The van der Waals surface area contributed by atoms with Crippen LogP contribution in [0, 0.1) is 6.92 Å². The molecule has 116 valence electrons. The van der Waals surface area contributed by atoms with E-state index in [4.69, 9.17) is 5.11 Å². The third-order valence-electron chi connectivity index (χ3n) is 2.94. The number of nitrogens with one attached hydrogen (secondary N) is 1. The molecule has 0 radical (unpaired) electrons. The van der Waals surface area contributed by atoms with Gasteiger partial charge in [-0.25, -0.2) is 18.2 Å². The maximum absolute atomic E-state index is 12.1. The summed E-state index contributed by atoms with van der Waals surface area (Å²) in [5, 5.41) is 11.7. The van der Waals surface area contributed by atoms with Crippen LogP contribution >= 0.6 is 11.5 Å². The van der Waals surface area contributed by atoms with Crippen molar-refractivity contribution in [2.24, 2.45) is 0 Å². The average Bonchev–Trinajstić information content (AvgIpc) is 2.72. The van der Waals surface area contributed by atoms with Crippen LogP contribution in [0.4, 0.5) is 9.93 Å². The summed E-state index contributed by atoms with van der Waals surface area (Å²) in [7, 11) is -3.32. The van der Waals surface area contributed by atoms with Crippen LogP contribution in [-0.2, 0) is 14.6 Å². The van der Waals surface area contributed by atoms with Gasteiger partial charge in [-0.3, -0.25) is 10.1 Å². The van der Waals surface area contributed by atoms with Gasteiger partial charge in [0.25, 0.3) is 0 Å². The molecule has 2 N–H and O–H groups in total. The lowest BCUT2D eigenvalue weighted by atomic mass is 10.2. The number of hydrogen-bond acceptors (Lipinski definition) is 7. The SMILES string of the molecule is Cc1nsc(NC(=O)N2CCS(=O)(=O)CC2CC(=O)O)n1. The third-order valence-corrected chi connectivity index (χ3v) is 5.36. The summed E-state index contributed by atoms with van der Waals surface area (Å²) in [6, 6.07) is -1.44. The highest BCUT2D eigenvalue weighted by Gasteiger charge is 2.35. The van der Waals surface area contributed by atoms with E-state index < -0.39 is 34.3 Å². The van der Waals surface area contributed by atoms with Crippen molar-refractivity contribution < 1.29 is 23.1 Å². The maximum Gasteiger partial charge on any atom is 0.324 e. The number of hydrogen-bond donors (Lipinski definition) is 2. The first kappa shape index (κ1) is 15.6. The Balaban J connectivity index is 2.11. The Bertz CT molecular complexity index is 656. The van der Waals surface area contributed by atoms with Crippen LogP contribution in [0.3, 0.4) is 0 Å². The highest BCUT2D eigenvalue weighted by molar-refractivity contribution is 7.91. The first-order chi connectivity index (χ1) is 9.77. The van der Waals surface area contributed by atoms with Crippen LogP contribution in [-0.4, -0.2) is 63.9 Å². The van der Waals surface area contributed by atoms with Crippen molar-refractivity contribution in [3.8, 4) is 0 Å². The lowest BCUT2D eigenvalue weighted by Crippen LogP contribution is -2.53. The molecule has 1 unspecified atom stereocenters. The molecule has 1 aromatic heterocycles. The quantitative estimate of drug-likeness (QED) is 0.792. The van der Waals surface area contributed by atoms with Gasteiger partial charge in [0, 0.05) is 18.1 Å². The van der Waals surface area contributed by atoms with E-state index in [0.717, 1.165) is 11.5 Å². The Morgan fingerprint density at radius 1 is 1.52 bits per heavy atom. The average molecular weight is 334 g/mol. The van der Waals surface area contributed by atoms with E-state index >= 15 is 0 Å². The largest absolute Gasteiger partial charge is 0.481 e. The highest BCUT2D eigenvalue weighted by Crippen LogP contribution is 2.18. The molecule has 1 aliphatic heterocycles. The molecule has 21 heavy (non-hydrogen) atoms. The van der Waals surface area contributed by atoms with Crippen LogP contribution in [0.5, 0.6) is 0 Å². The van der Waals surface area contributed by atoms with E-state index in [0.29, 0.717) is 11.0 Å². The number of carbonyl (C=O) groups is 2. The second-order valence-electron chi connectivity index (χ2n) is 4.64. The second-order valence-corrected chi connectivity index (χ2v) is 7.62. The van der Waals surface area contributed by atoms with Gasteiger partial charge in [-0.1, -0.05) is 0 Å². The van der Waals surface area contributed by atoms with Crippen LogP contribution in [0.2, 0.25) is 0 Å². The Morgan fingerprint density at radius 2 is 2.24 bits per heavy atom. The summed E-state index contributed by atoms with van der Waals surface area (Å²) >= 11 is 1.00. The Hall–Kier alpha value is -1.75. The lowest BCUT2D eigenvalue weighted by molar-refractivity contribution is -0.137. The number of carbonyl (C=O) groups excluding carboxylic acids is 1. The molecule has 1 aromatic rings. The zero-order valence-corrected chi connectivity index (χ0v) is 12.8. The van der Waals surface area contributed by atoms with Gasteiger partial charge < -0.3 is 10.0 Å². The number of sulfone groups is 1. The molecule has 11 heteroatoms. The van der Waals surface area contributed by atoms with E-state index in [1.807, 2.05) is 0 Å². The number of aromatic nitrogens is 2. The topological polar surface area (TPSA) is 130 Å². The van der Waals surface area contributed by atoms with Crippen molar-refractivity contribution in [2.75, 3.05) is 23.4 Å². The molecule has 0 aromatic carbocycles. The number of nitrogens with zero attached hydrogens (tertiary/aromatic N) is 3. The molecule has 9 nitrogen and oxygen atoms in total. The zero-order valence-electron chi connectivity index (χ0n) is 11.1. The fraction of sp³-hybridized carbons (Fsp3) is 0.600. The van der Waals surface area contributed by atoms with Crippen LogP contribution in [0.1, 0.15) is 12.2 Å². The van der Waals surface area contributed by atoms with Crippen molar-refractivity contribution in [3.63, 3.8) is 0 Å². The molecule has 1 saturated heterocycles. The molecule has 2 rings (SSSR count). The summed E-state index contributed by atoms with van der Waals surface area (Å²) in [5.74, 6) is -1.16. The van der Waals surface area contributed by atoms with Crippen molar-refractivity contribution in [3.05, 3.63) is 5.82 Å². The molecule has 1 aliphatic rings. The minimum absolute atomic E-state index is 0.0378. The van der Waals surface area contributed by atoms with Crippen molar-refractivity contribution in [2.45, 2.75) is 19.4 Å². The molecule has 0 spiro atoms. The van der Waals surface area contributed by atoms with Gasteiger partial charge in [0.15, 0.2) is 9.84 Å². The fourth-order valence-corrected chi connectivity index (χ4v) is 4.13. The number of carboxylic acids is 1. The van der Waals surface area contributed by atoms with E-state index in [1.165, 1.54) is 4.90 Å². The van der Waals surface area contributed by atoms with Gasteiger partial charge in [-0.2, -0.15) is 4.37 Å². The molecule has 1 fully saturated rings. The Kier molecular flexibility index (Phi) is 4.42. The number of aryl methyl sites for hydroxylation is 1. The smallest absolute Gasteiger partial charge is 0.324 e. The number of amides is 2. The molecule has 0 aliphatic carbocycles. The molecule has 0 bridgehead atoms. The molecule has 2 amide bonds. The predicted molar refractivity (Wildman–Crippen MR) is 75.1 cm³/mol. The maximum atomic E-state index is 12.1. The molecule has 0 saturated carbocycles. The van der Waals surface area contributed by atoms with Gasteiger partial charge in [0.2, 0.25) is 5.13 Å². The number of carboxylic acid groups (broad SMARTS) is 1. The molecular weight excluding hydrogens is 320 g/mol. The van der Waals surface area contributed by atoms with Crippen LogP contribution in [0.15, 0.2) is 0 Å². The number of rotatable bonds is 3. The number of urea groups is 1. The standard InChI is InChI=1S/C10H14N4O5S2/c1-6-11-9(20-13-6)12-10(17)14-2-3-21(18,19)5-7(14)4-8(15)16/h7H,2-5H2,1H3,(H,15,16)(H,11,12,13,17). The summed E-state index contributed by atoms with van der Waals surface area (Å²) in [6.07, 6.45) is -0.415. The highest BCUT2D eigenvalue weighted by atomic mass is 32.2. The van der Waals surface area contributed by atoms with Crippen molar-refractivity contribution in [1.82, 2.24) is 14.3 Å². The minimum atomic E-state index is -3.32. The first-order valence-corrected chi connectivity index (χ1v) is 8.66. The molecule has 1 atom stereocenters. The predicted octanol–water partition coefficient (Wildman–Crippen LogP) is -0.0479. The molecule has 2 heterocycles. The van der Waals surface area contributed by atoms with Crippen molar-refractivity contribution in [1.29, 1.82) is 0 Å². The second kappa shape index (κ2) is 5.93. The van der Waals surface area contributed by atoms with E-state index in [2.05, 4.69) is 14.7 Å². The number of aliphatic carboxylic acids is 1. The van der Waals surface area contributed by atoms with Gasteiger partial charge in [-0.05, 0) is 6.92 Å². The molecular formula is C10H14N4O5S2. The zero-order chi connectivity index (χ0) is 15.6. The summed E-state index contributed by atoms with van der Waals surface area (Å²) in [6.45, 7) is 1.64. The van der Waals surface area contributed by atoms with E-state index in [9.17, 15) is 18.0 Å². The van der Waals surface area contributed by atoms with Gasteiger partial charge in [0.1, 0.15) is 5.82 Å². The van der Waals surface area contributed by atoms with Crippen LogP contribution in [0.25, 0.3) is 0 Å². The third kappa shape index (κ3) is 4.11. The first-order valence-electron chi connectivity index (χ1n) is 6.07. The van der Waals surface area contributed by atoms with Gasteiger partial charge in [0.05, 0.1) is 24.0 Å². The summed E-state index contributed by atoms with van der Waals surface area (Å²) in [5.41, 5.74) is 0. The lowest BCUT2D eigenvalue weighted by Gasteiger charge is -2.34. The minimum Gasteiger partial charge on any atom is -0.481 e. The normalized spacial score (nSPS) is 21.0. The monoisotopic (exact) mass is 334 g/mol.